The van der Waals surface area contributed by atoms with Gasteiger partial charge in [-0.3, -0.25) is 4.79 Å². The first-order valence-corrected chi connectivity index (χ1v) is 39.5. The second-order valence-corrected chi connectivity index (χ2v) is 27.8. The molecule has 94 heavy (non-hydrogen) atoms. The minimum atomic E-state index is -1.79. The third kappa shape index (κ3) is 46.9. The van der Waals surface area contributed by atoms with Gasteiger partial charge in [0.2, 0.25) is 5.91 Å². The average Bonchev–Trinajstić information content (AvgIpc) is 0.794. The fraction of sp³-hybridized carbons (Fsp3) is 0.863. The number of ether oxygens (including phenoxy) is 4. The summed E-state index contributed by atoms with van der Waals surface area (Å²) >= 11 is 0. The van der Waals surface area contributed by atoms with Crippen LogP contribution in [0.25, 0.3) is 0 Å². The molecule has 12 atom stereocenters. The van der Waals surface area contributed by atoms with Crippen LogP contribution in [-0.2, 0) is 23.7 Å². The van der Waals surface area contributed by atoms with E-state index in [4.69, 9.17) is 18.9 Å². The Labute approximate surface area is 575 Å². The number of carbonyl (C=O) groups excluding carboxylic acids is 1. The topological polar surface area (TPSA) is 228 Å². The minimum Gasteiger partial charge on any atom is -0.394 e. The van der Waals surface area contributed by atoms with E-state index in [0.29, 0.717) is 12.8 Å². The zero-order valence-electron chi connectivity index (χ0n) is 60.2. The van der Waals surface area contributed by atoms with Crippen molar-refractivity contribution in [2.45, 2.75) is 421 Å². The molecule has 2 fully saturated rings. The fourth-order valence-corrected chi connectivity index (χ4v) is 12.9. The molecule has 0 aromatic heterocycles. The Morgan fingerprint density at radius 2 is 0.713 bits per heavy atom. The van der Waals surface area contributed by atoms with Gasteiger partial charge in [-0.15, -0.1) is 0 Å². The van der Waals surface area contributed by atoms with Crippen LogP contribution in [0.5, 0.6) is 0 Å². The number of unbranched alkanes of at least 4 members (excludes halogenated alkanes) is 45. The molecule has 1 amide bonds. The van der Waals surface area contributed by atoms with Gasteiger partial charge in [0.15, 0.2) is 12.6 Å². The quantitative estimate of drug-likeness (QED) is 0.0204. The van der Waals surface area contributed by atoms with Crippen molar-refractivity contribution < 1.29 is 64.6 Å². The highest BCUT2D eigenvalue weighted by atomic mass is 16.7. The predicted octanol–water partition coefficient (Wildman–Crippen LogP) is 17.6. The molecular formula is C80H147NO13. The maximum Gasteiger partial charge on any atom is 0.220 e. The van der Waals surface area contributed by atoms with E-state index in [1.54, 1.807) is 6.08 Å². The summed E-state index contributed by atoms with van der Waals surface area (Å²) in [5, 5.41) is 87.6. The van der Waals surface area contributed by atoms with Crippen LogP contribution < -0.4 is 5.32 Å². The molecule has 0 aromatic carbocycles. The van der Waals surface area contributed by atoms with Crippen LogP contribution in [0.15, 0.2) is 60.8 Å². The Bertz CT molecular complexity index is 1810. The van der Waals surface area contributed by atoms with Crippen LogP contribution in [0.2, 0.25) is 0 Å². The Balaban J connectivity index is 1.64. The highest BCUT2D eigenvalue weighted by Crippen LogP contribution is 2.30. The van der Waals surface area contributed by atoms with Crippen LogP contribution >= 0.6 is 0 Å². The van der Waals surface area contributed by atoms with Gasteiger partial charge < -0.3 is 65.1 Å². The molecule has 0 aliphatic carbocycles. The summed E-state index contributed by atoms with van der Waals surface area (Å²) in [6.45, 7) is 2.82. The standard InChI is InChI=1S/C80H147NO13/c1-3-5-7-9-11-13-15-17-19-21-23-25-27-29-31-32-33-34-35-36-38-40-42-44-46-48-50-52-54-56-58-60-62-64-72(85)81-68(67-91-79-77(90)75(88)78(71(66-83)93-79)94-80-76(89)74(87)73(86)70(65-82)92-80)69(84)63-61-59-57-55-53-51-49-47-45-43-41-39-37-30-28-26-24-22-20-18-16-14-12-10-8-6-4-2/h15,17,21,23,45,47,53,55,61,63,68-71,73-80,82-84,86-90H,3-14,16,18-20,22,24-44,46,48-52,54,56-60,62,64-67H2,1-2H3,(H,81,85)/b17-15-,23-21-,47-45+,55-53+,63-61+. The maximum atomic E-state index is 13.4. The molecule has 14 nitrogen and oxygen atoms in total. The van der Waals surface area contributed by atoms with Crippen LogP contribution in [0.4, 0.5) is 0 Å². The van der Waals surface area contributed by atoms with Gasteiger partial charge in [0.05, 0.1) is 32.0 Å². The van der Waals surface area contributed by atoms with Gasteiger partial charge in [-0.1, -0.05) is 325 Å². The van der Waals surface area contributed by atoms with Crippen molar-refractivity contribution in [2.75, 3.05) is 19.8 Å². The molecule has 2 rings (SSSR count). The van der Waals surface area contributed by atoms with Gasteiger partial charge in [-0.2, -0.15) is 0 Å². The number of carbonyl (C=O) groups is 1. The van der Waals surface area contributed by atoms with Crippen LogP contribution in [0.1, 0.15) is 348 Å². The number of aliphatic hydroxyl groups is 8. The first-order valence-electron chi connectivity index (χ1n) is 39.5. The summed E-state index contributed by atoms with van der Waals surface area (Å²) in [7, 11) is 0. The molecule has 0 aromatic rings. The van der Waals surface area contributed by atoms with Gasteiger partial charge in [0.25, 0.3) is 0 Å². The second kappa shape index (κ2) is 64.1. The lowest BCUT2D eigenvalue weighted by atomic mass is 9.97. The zero-order chi connectivity index (χ0) is 68.0. The first-order chi connectivity index (χ1) is 46.1. The van der Waals surface area contributed by atoms with Crippen molar-refractivity contribution in [1.29, 1.82) is 0 Å². The first kappa shape index (κ1) is 87.8. The minimum absolute atomic E-state index is 0.248. The lowest BCUT2D eigenvalue weighted by Crippen LogP contribution is -2.65. The third-order valence-corrected chi connectivity index (χ3v) is 19.2. The molecule has 0 bridgehead atoms. The van der Waals surface area contributed by atoms with E-state index in [-0.39, 0.29) is 18.9 Å². The summed E-state index contributed by atoms with van der Waals surface area (Å²) in [6.07, 6.45) is 70.2. The molecule has 12 unspecified atom stereocenters. The van der Waals surface area contributed by atoms with Crippen molar-refractivity contribution in [3.63, 3.8) is 0 Å². The van der Waals surface area contributed by atoms with Crippen molar-refractivity contribution >= 4 is 5.91 Å². The molecule has 14 heteroatoms. The molecule has 0 saturated carbocycles. The zero-order valence-corrected chi connectivity index (χ0v) is 60.2. The molecule has 550 valence electrons. The average molecular weight is 1330 g/mol. The van der Waals surface area contributed by atoms with Gasteiger partial charge in [0.1, 0.15) is 48.8 Å². The van der Waals surface area contributed by atoms with Crippen LogP contribution in [-0.4, -0.2) is 140 Å². The Morgan fingerprint density at radius 3 is 1.11 bits per heavy atom. The van der Waals surface area contributed by atoms with E-state index in [9.17, 15) is 45.6 Å². The molecule has 2 saturated heterocycles. The van der Waals surface area contributed by atoms with E-state index >= 15 is 0 Å². The number of hydrogen-bond acceptors (Lipinski definition) is 13. The number of nitrogens with one attached hydrogen (secondary N) is 1. The SMILES string of the molecule is CCCCCCC/C=C\C/C=C\CCCCCCCCCCCCCCCCCCCCCCCC(=O)NC(COC1OC(CO)C(OC2OC(CO)C(O)C(O)C2O)C(O)C1O)C(O)/C=C/CC/C=C/CC/C=C/CCCCCCCCCCCCCCCCCCC. The summed E-state index contributed by atoms with van der Waals surface area (Å²) in [5.74, 6) is -0.248. The summed E-state index contributed by atoms with van der Waals surface area (Å²) < 4.78 is 22.9. The number of amides is 1. The Morgan fingerprint density at radius 1 is 0.383 bits per heavy atom. The van der Waals surface area contributed by atoms with Crippen LogP contribution in [0, 0.1) is 0 Å². The molecule has 2 heterocycles. The van der Waals surface area contributed by atoms with Crippen molar-refractivity contribution in [3.05, 3.63) is 60.8 Å². The lowest BCUT2D eigenvalue weighted by Gasteiger charge is -2.46. The van der Waals surface area contributed by atoms with E-state index in [2.05, 4.69) is 67.8 Å². The number of aliphatic hydroxyl groups excluding tert-OH is 8. The fourth-order valence-electron chi connectivity index (χ4n) is 12.9. The van der Waals surface area contributed by atoms with Crippen LogP contribution in [0.3, 0.4) is 0 Å². The molecule has 0 spiro atoms. The molecule has 2 aliphatic heterocycles. The Kier molecular flexibility index (Phi) is 59.8. The van der Waals surface area contributed by atoms with Crippen molar-refractivity contribution in [2.24, 2.45) is 0 Å². The van der Waals surface area contributed by atoms with E-state index in [1.165, 1.54) is 263 Å². The second-order valence-electron chi connectivity index (χ2n) is 27.8. The molecule has 0 radical (unpaired) electrons. The molecule has 2 aliphatic rings. The number of allylic oxidation sites excluding steroid dienone is 9. The monoisotopic (exact) mass is 1330 g/mol. The van der Waals surface area contributed by atoms with Crippen molar-refractivity contribution in [3.8, 4) is 0 Å². The highest BCUT2D eigenvalue weighted by Gasteiger charge is 2.51. The van der Waals surface area contributed by atoms with E-state index in [1.807, 2.05) is 6.08 Å². The highest BCUT2D eigenvalue weighted by molar-refractivity contribution is 5.76. The van der Waals surface area contributed by atoms with Crippen molar-refractivity contribution in [1.82, 2.24) is 5.32 Å². The maximum absolute atomic E-state index is 13.4. The van der Waals surface area contributed by atoms with Gasteiger partial charge in [-0.25, -0.2) is 0 Å². The third-order valence-electron chi connectivity index (χ3n) is 19.2. The molecule has 9 N–H and O–H groups in total. The number of rotatable bonds is 66. The van der Waals surface area contributed by atoms with E-state index in [0.717, 1.165) is 51.4 Å². The summed E-state index contributed by atoms with van der Waals surface area (Å²) in [4.78, 5) is 13.4. The van der Waals surface area contributed by atoms with Gasteiger partial charge in [0, 0.05) is 6.42 Å². The lowest BCUT2D eigenvalue weighted by molar-refractivity contribution is -0.359. The number of hydrogen-bond donors (Lipinski definition) is 9. The Hall–Kier alpha value is -2.31. The largest absolute Gasteiger partial charge is 0.394 e. The predicted molar refractivity (Wildman–Crippen MR) is 387 cm³/mol. The molecular weight excluding hydrogens is 1180 g/mol. The normalized spacial score (nSPS) is 22.7. The van der Waals surface area contributed by atoms with Gasteiger partial charge in [-0.05, 0) is 77.0 Å². The van der Waals surface area contributed by atoms with E-state index < -0.39 is 86.8 Å². The summed E-state index contributed by atoms with van der Waals surface area (Å²) in [5.41, 5.74) is 0. The van der Waals surface area contributed by atoms with Gasteiger partial charge >= 0.3 is 0 Å². The smallest absolute Gasteiger partial charge is 0.220 e. The summed E-state index contributed by atoms with van der Waals surface area (Å²) in [6, 6.07) is -0.940.